The largest absolute Gasteiger partial charge is 0.461 e. The number of halogens is 2. The molecule has 1 amide bonds. The van der Waals surface area contributed by atoms with Gasteiger partial charge in [0, 0.05) is 11.2 Å². The van der Waals surface area contributed by atoms with E-state index in [0.29, 0.717) is 0 Å². The second-order valence-electron chi connectivity index (χ2n) is 4.28. The monoisotopic (exact) mass is 359 g/mol. The molecular weight excluding hydrogens is 349 g/mol. The molecule has 1 aromatic heterocycles. The Bertz CT molecular complexity index is 845. The summed E-state index contributed by atoms with van der Waals surface area (Å²) in [6, 6.07) is 4.92. The third-order valence-corrected chi connectivity index (χ3v) is 4.32. The smallest absolute Gasteiger partial charge is 0.265 e. The highest BCUT2D eigenvalue weighted by Gasteiger charge is 2.21. The standard InChI is InChI=1S/C13H11ClFN3O4S/c14-9-1-2-11(22-7-15)12(4-9)23(20,21)18-10-3-8(13(16)19)5-17-6-10/h1-6,18H,7H2,(H2,16,19). The lowest BCUT2D eigenvalue weighted by molar-refractivity contribution is 0.1000. The molecule has 0 aliphatic carbocycles. The van der Waals surface area contributed by atoms with Gasteiger partial charge in [-0.1, -0.05) is 11.6 Å². The number of amides is 1. The summed E-state index contributed by atoms with van der Waals surface area (Å²) in [5.41, 5.74) is 5.14. The molecule has 0 bridgehead atoms. The number of nitrogens with zero attached hydrogens (tertiary/aromatic N) is 1. The molecule has 122 valence electrons. The Morgan fingerprint density at radius 1 is 1.35 bits per heavy atom. The number of aromatic nitrogens is 1. The summed E-state index contributed by atoms with van der Waals surface area (Å²) < 4.78 is 44.1. The summed E-state index contributed by atoms with van der Waals surface area (Å²) in [6.07, 6.45) is 2.38. The van der Waals surface area contributed by atoms with Gasteiger partial charge >= 0.3 is 0 Å². The number of carbonyl (C=O) groups excluding carboxylic acids is 1. The minimum absolute atomic E-state index is 0.00692. The van der Waals surface area contributed by atoms with Crippen LogP contribution in [0.1, 0.15) is 10.4 Å². The molecule has 0 unspecified atom stereocenters. The molecule has 1 heterocycles. The molecule has 0 saturated heterocycles. The van der Waals surface area contributed by atoms with Crippen molar-refractivity contribution in [2.45, 2.75) is 4.90 Å². The lowest BCUT2D eigenvalue weighted by atomic mass is 10.2. The fraction of sp³-hybridized carbons (Fsp3) is 0.0769. The number of primary amides is 1. The van der Waals surface area contributed by atoms with Crippen molar-refractivity contribution < 1.29 is 22.3 Å². The number of hydrogen-bond acceptors (Lipinski definition) is 5. The van der Waals surface area contributed by atoms with Crippen LogP contribution in [0.5, 0.6) is 5.75 Å². The van der Waals surface area contributed by atoms with E-state index in [-0.39, 0.29) is 26.9 Å². The number of rotatable bonds is 6. The van der Waals surface area contributed by atoms with Gasteiger partial charge in [-0.3, -0.25) is 14.5 Å². The van der Waals surface area contributed by atoms with Crippen molar-refractivity contribution in [3.05, 3.63) is 47.2 Å². The number of pyridine rings is 1. The zero-order valence-corrected chi connectivity index (χ0v) is 13.1. The number of anilines is 1. The Morgan fingerprint density at radius 2 is 2.09 bits per heavy atom. The molecule has 23 heavy (non-hydrogen) atoms. The molecule has 0 radical (unpaired) electrons. The van der Waals surface area contributed by atoms with Crippen molar-refractivity contribution >= 4 is 33.2 Å². The van der Waals surface area contributed by atoms with Crippen LogP contribution in [0.3, 0.4) is 0 Å². The van der Waals surface area contributed by atoms with E-state index in [4.69, 9.17) is 17.3 Å². The highest BCUT2D eigenvalue weighted by molar-refractivity contribution is 7.92. The second kappa shape index (κ2) is 6.80. The zero-order chi connectivity index (χ0) is 17.0. The summed E-state index contributed by atoms with van der Waals surface area (Å²) in [7, 11) is -4.15. The summed E-state index contributed by atoms with van der Waals surface area (Å²) in [6.45, 7) is -1.21. The van der Waals surface area contributed by atoms with Crippen LogP contribution in [0.4, 0.5) is 10.1 Å². The van der Waals surface area contributed by atoms with Gasteiger partial charge in [0.05, 0.1) is 17.4 Å². The maximum Gasteiger partial charge on any atom is 0.265 e. The molecule has 0 aliphatic heterocycles. The van der Waals surface area contributed by atoms with Crippen LogP contribution in [0.2, 0.25) is 5.02 Å². The van der Waals surface area contributed by atoms with Crippen LogP contribution in [-0.2, 0) is 10.0 Å². The van der Waals surface area contributed by atoms with Crippen LogP contribution < -0.4 is 15.2 Å². The fourth-order valence-corrected chi connectivity index (χ4v) is 3.15. The van der Waals surface area contributed by atoms with E-state index in [2.05, 4.69) is 14.4 Å². The molecule has 0 saturated carbocycles. The topological polar surface area (TPSA) is 111 Å². The third kappa shape index (κ3) is 4.08. The number of ether oxygens (including phenoxy) is 1. The maximum absolute atomic E-state index is 12.4. The van der Waals surface area contributed by atoms with Crippen molar-refractivity contribution in [1.29, 1.82) is 0 Å². The van der Waals surface area contributed by atoms with E-state index in [1.165, 1.54) is 30.6 Å². The normalized spacial score (nSPS) is 11.0. The number of sulfonamides is 1. The average Bonchev–Trinajstić information content (AvgIpc) is 2.49. The number of alkyl halides is 1. The van der Waals surface area contributed by atoms with Crippen LogP contribution in [0.15, 0.2) is 41.6 Å². The zero-order valence-electron chi connectivity index (χ0n) is 11.5. The molecule has 7 nitrogen and oxygen atoms in total. The Labute approximate surface area is 136 Å². The second-order valence-corrected chi connectivity index (χ2v) is 6.36. The molecular formula is C13H11ClFN3O4S. The number of nitrogens with one attached hydrogen (secondary N) is 1. The van der Waals surface area contributed by atoms with Gasteiger partial charge in [0.15, 0.2) is 0 Å². The number of nitrogens with two attached hydrogens (primary N) is 1. The van der Waals surface area contributed by atoms with Gasteiger partial charge in [0.25, 0.3) is 10.0 Å². The van der Waals surface area contributed by atoms with E-state index in [1.54, 1.807) is 0 Å². The Kier molecular flexibility index (Phi) is 5.02. The van der Waals surface area contributed by atoms with Crippen molar-refractivity contribution in [3.63, 3.8) is 0 Å². The molecule has 2 aromatic rings. The van der Waals surface area contributed by atoms with Gasteiger partial charge in [-0.05, 0) is 24.3 Å². The molecule has 0 spiro atoms. The number of carbonyl (C=O) groups is 1. The first-order valence-electron chi connectivity index (χ1n) is 6.09. The van der Waals surface area contributed by atoms with Crippen LogP contribution in [0, 0.1) is 0 Å². The first-order valence-corrected chi connectivity index (χ1v) is 7.95. The molecule has 0 atom stereocenters. The molecule has 3 N–H and O–H groups in total. The van der Waals surface area contributed by atoms with Crippen molar-refractivity contribution in [2.24, 2.45) is 5.73 Å². The first-order chi connectivity index (χ1) is 10.8. The van der Waals surface area contributed by atoms with E-state index in [1.807, 2.05) is 0 Å². The lowest BCUT2D eigenvalue weighted by Gasteiger charge is -2.12. The van der Waals surface area contributed by atoms with Gasteiger partial charge < -0.3 is 10.5 Å². The van der Waals surface area contributed by atoms with Crippen LogP contribution >= 0.6 is 11.6 Å². The fourth-order valence-electron chi connectivity index (χ4n) is 1.71. The SMILES string of the molecule is NC(=O)c1cncc(NS(=O)(=O)c2cc(Cl)ccc2OCF)c1. The number of hydrogen-bond donors (Lipinski definition) is 2. The van der Waals surface area contributed by atoms with E-state index in [0.717, 1.165) is 6.07 Å². The molecule has 10 heteroatoms. The van der Waals surface area contributed by atoms with Crippen molar-refractivity contribution in [2.75, 3.05) is 11.6 Å². The minimum Gasteiger partial charge on any atom is -0.461 e. The lowest BCUT2D eigenvalue weighted by Crippen LogP contribution is -2.16. The maximum atomic E-state index is 12.4. The van der Waals surface area contributed by atoms with Gasteiger partial charge in [0.1, 0.15) is 10.6 Å². The Balaban J connectivity index is 2.41. The Morgan fingerprint density at radius 3 is 2.74 bits per heavy atom. The van der Waals surface area contributed by atoms with E-state index >= 15 is 0 Å². The highest BCUT2D eigenvalue weighted by atomic mass is 35.5. The van der Waals surface area contributed by atoms with Crippen LogP contribution in [-0.4, -0.2) is 26.2 Å². The minimum atomic E-state index is -4.15. The predicted molar refractivity (Wildman–Crippen MR) is 81.6 cm³/mol. The van der Waals surface area contributed by atoms with Gasteiger partial charge in [-0.25, -0.2) is 12.8 Å². The molecule has 0 fully saturated rings. The predicted octanol–water partition coefficient (Wildman–Crippen LogP) is 1.94. The van der Waals surface area contributed by atoms with Gasteiger partial charge in [-0.2, -0.15) is 0 Å². The summed E-state index contributed by atoms with van der Waals surface area (Å²) in [5.74, 6) is -0.967. The first kappa shape index (κ1) is 17.0. The molecule has 1 aromatic carbocycles. The van der Waals surface area contributed by atoms with Crippen LogP contribution in [0.25, 0.3) is 0 Å². The quantitative estimate of drug-likeness (QED) is 0.818. The highest BCUT2D eigenvalue weighted by Crippen LogP contribution is 2.29. The number of benzene rings is 1. The Hall–Kier alpha value is -2.39. The summed E-state index contributed by atoms with van der Waals surface area (Å²) in [4.78, 5) is 14.5. The van der Waals surface area contributed by atoms with Gasteiger partial charge in [-0.15, -0.1) is 0 Å². The summed E-state index contributed by atoms with van der Waals surface area (Å²) in [5, 5.41) is 0.126. The van der Waals surface area contributed by atoms with Crippen molar-refractivity contribution in [1.82, 2.24) is 4.98 Å². The summed E-state index contributed by atoms with van der Waals surface area (Å²) >= 11 is 5.78. The molecule has 2 rings (SSSR count). The van der Waals surface area contributed by atoms with E-state index in [9.17, 15) is 17.6 Å². The third-order valence-electron chi connectivity index (χ3n) is 2.68. The van der Waals surface area contributed by atoms with Crippen molar-refractivity contribution in [3.8, 4) is 5.75 Å². The van der Waals surface area contributed by atoms with Gasteiger partial charge in [0.2, 0.25) is 12.8 Å². The molecule has 0 aliphatic rings. The average molecular weight is 360 g/mol. The van der Waals surface area contributed by atoms with E-state index < -0.39 is 22.8 Å².